The van der Waals surface area contributed by atoms with Gasteiger partial charge >= 0.3 is 12.1 Å². The van der Waals surface area contributed by atoms with Crippen LogP contribution < -0.4 is 5.32 Å². The number of piperidine rings is 2. The zero-order valence-corrected chi connectivity index (χ0v) is 22.3. The van der Waals surface area contributed by atoms with Gasteiger partial charge in [0.05, 0.1) is 12.6 Å². The van der Waals surface area contributed by atoms with Gasteiger partial charge in [0.2, 0.25) is 0 Å². The second-order valence-electron chi connectivity index (χ2n) is 11.1. The van der Waals surface area contributed by atoms with Crippen molar-refractivity contribution in [2.75, 3.05) is 32.8 Å². The lowest BCUT2D eigenvalue weighted by Gasteiger charge is -2.45. The fraction of sp³-hybridized carbons (Fsp3) is 0.714. The number of likely N-dealkylation sites (tertiary alicyclic amines) is 2. The van der Waals surface area contributed by atoms with Gasteiger partial charge in [-0.05, 0) is 90.9 Å². The molecule has 1 aliphatic carbocycles. The van der Waals surface area contributed by atoms with Crippen molar-refractivity contribution in [2.24, 2.45) is 0 Å². The highest BCUT2D eigenvalue weighted by Gasteiger charge is 2.47. The molecule has 1 spiro atoms. The molecule has 4 rings (SSSR count). The Bertz CT molecular complexity index is 885. The largest absolute Gasteiger partial charge is 0.450 e. The van der Waals surface area contributed by atoms with E-state index in [0.717, 1.165) is 58.3 Å². The molecule has 0 radical (unpaired) electrons. The zero-order chi connectivity index (χ0) is 25.2. The summed E-state index contributed by atoms with van der Waals surface area (Å²) in [6, 6.07) is 9.73. The molecule has 1 aromatic rings. The summed E-state index contributed by atoms with van der Waals surface area (Å²) in [4.78, 5) is 31.7. The SMILES string of the molecule is CCOC(=O)N1CCC(N2CCC3(CC2)CC(NC(=O)N(C(C)C)C(C)C)c2ccccc23)CC1.[HH]. The van der Waals surface area contributed by atoms with Crippen molar-refractivity contribution in [3.8, 4) is 0 Å². The van der Waals surface area contributed by atoms with Gasteiger partial charge in [-0.15, -0.1) is 0 Å². The molecular weight excluding hydrogens is 440 g/mol. The van der Waals surface area contributed by atoms with E-state index < -0.39 is 0 Å². The van der Waals surface area contributed by atoms with E-state index in [1.807, 2.05) is 16.7 Å². The summed E-state index contributed by atoms with van der Waals surface area (Å²) in [6.07, 6.45) is 5.08. The molecule has 2 saturated heterocycles. The molecule has 3 amide bonds. The highest BCUT2D eigenvalue weighted by atomic mass is 16.6. The maximum Gasteiger partial charge on any atom is 0.409 e. The third-order valence-corrected chi connectivity index (χ3v) is 8.41. The molecule has 1 N–H and O–H groups in total. The standard InChI is InChI=1S/C28H44N4O3.H2/c1-6-35-27(34)31-15-11-22(12-16-31)30-17-13-28(14-18-30)19-25(23-9-7-8-10-24(23)28)29-26(33)32(20(2)3)21(4)5;/h7-10,20-22,25H,6,11-19H2,1-5H3,(H,29,33);1H. The van der Waals surface area contributed by atoms with Crippen molar-refractivity contribution in [3.63, 3.8) is 0 Å². The normalized spacial score (nSPS) is 22.5. The number of nitrogens with one attached hydrogen (secondary N) is 1. The van der Waals surface area contributed by atoms with Gasteiger partial charge in [0, 0.05) is 38.1 Å². The first-order chi connectivity index (χ1) is 16.8. The van der Waals surface area contributed by atoms with E-state index in [1.165, 1.54) is 11.1 Å². The van der Waals surface area contributed by atoms with Gasteiger partial charge < -0.3 is 24.8 Å². The number of rotatable bonds is 5. The van der Waals surface area contributed by atoms with Crippen LogP contribution in [-0.2, 0) is 10.2 Å². The van der Waals surface area contributed by atoms with Crippen molar-refractivity contribution < 1.29 is 15.8 Å². The maximum absolute atomic E-state index is 13.2. The number of nitrogens with zero attached hydrogens (tertiary/aromatic N) is 3. The van der Waals surface area contributed by atoms with E-state index in [2.05, 4.69) is 62.2 Å². The molecule has 35 heavy (non-hydrogen) atoms. The van der Waals surface area contributed by atoms with Crippen LogP contribution in [0.15, 0.2) is 24.3 Å². The molecule has 0 aromatic heterocycles. The first kappa shape index (κ1) is 25.8. The molecular formula is C28H46N4O3. The first-order valence-electron chi connectivity index (χ1n) is 13.6. The van der Waals surface area contributed by atoms with Gasteiger partial charge in [-0.2, -0.15) is 0 Å². The number of hydrogen-bond donors (Lipinski definition) is 1. The van der Waals surface area contributed by atoms with E-state index >= 15 is 0 Å². The molecule has 1 unspecified atom stereocenters. The summed E-state index contributed by atoms with van der Waals surface area (Å²) in [5.41, 5.74) is 2.86. The van der Waals surface area contributed by atoms with Crippen LogP contribution in [0.5, 0.6) is 0 Å². The van der Waals surface area contributed by atoms with Crippen LogP contribution in [-0.4, -0.2) is 77.7 Å². The highest BCUT2D eigenvalue weighted by Crippen LogP contribution is 2.51. The average molecular weight is 487 g/mol. The Hall–Kier alpha value is -2.28. The number of carbonyl (C=O) groups is 2. The quantitative estimate of drug-likeness (QED) is 0.624. The Kier molecular flexibility index (Phi) is 7.94. The van der Waals surface area contributed by atoms with Gasteiger partial charge in [0.15, 0.2) is 0 Å². The second-order valence-corrected chi connectivity index (χ2v) is 11.1. The number of hydrogen-bond acceptors (Lipinski definition) is 4. The summed E-state index contributed by atoms with van der Waals surface area (Å²) < 4.78 is 5.18. The van der Waals surface area contributed by atoms with Gasteiger partial charge in [0.1, 0.15) is 0 Å². The Morgan fingerprint density at radius 1 is 1.09 bits per heavy atom. The molecule has 1 atom stereocenters. The lowest BCUT2D eigenvalue weighted by atomic mass is 9.73. The Morgan fingerprint density at radius 3 is 2.31 bits per heavy atom. The number of benzene rings is 1. The molecule has 7 nitrogen and oxygen atoms in total. The Balaban J connectivity index is 0.00000361. The number of amides is 3. The third kappa shape index (κ3) is 5.30. The zero-order valence-electron chi connectivity index (χ0n) is 22.3. The Labute approximate surface area is 212 Å². The summed E-state index contributed by atoms with van der Waals surface area (Å²) >= 11 is 0. The summed E-state index contributed by atoms with van der Waals surface area (Å²) in [6.45, 7) is 14.3. The van der Waals surface area contributed by atoms with E-state index in [4.69, 9.17) is 4.74 Å². The van der Waals surface area contributed by atoms with Crippen LogP contribution in [0.2, 0.25) is 0 Å². The number of urea groups is 1. The smallest absolute Gasteiger partial charge is 0.409 e. The van der Waals surface area contributed by atoms with Crippen molar-refractivity contribution in [1.29, 1.82) is 0 Å². The monoisotopic (exact) mass is 486 g/mol. The van der Waals surface area contributed by atoms with Crippen molar-refractivity contribution in [2.45, 2.75) is 96.3 Å². The molecule has 2 heterocycles. The lowest BCUT2D eigenvalue weighted by Crippen LogP contribution is -2.51. The van der Waals surface area contributed by atoms with Crippen LogP contribution in [0, 0.1) is 0 Å². The van der Waals surface area contributed by atoms with Crippen molar-refractivity contribution >= 4 is 12.1 Å². The van der Waals surface area contributed by atoms with Gasteiger partial charge in [-0.1, -0.05) is 24.3 Å². The highest BCUT2D eigenvalue weighted by molar-refractivity contribution is 5.75. The minimum atomic E-state index is -0.173. The third-order valence-electron chi connectivity index (χ3n) is 8.41. The first-order valence-corrected chi connectivity index (χ1v) is 13.6. The molecule has 196 valence electrons. The Morgan fingerprint density at radius 2 is 1.71 bits per heavy atom. The predicted octanol–water partition coefficient (Wildman–Crippen LogP) is 5.16. The van der Waals surface area contributed by atoms with Crippen LogP contribution in [0.25, 0.3) is 0 Å². The average Bonchev–Trinajstić information content (AvgIpc) is 3.12. The number of fused-ring (bicyclic) bond motifs is 2. The number of ether oxygens (including phenoxy) is 1. The van der Waals surface area contributed by atoms with Gasteiger partial charge in [-0.25, -0.2) is 9.59 Å². The summed E-state index contributed by atoms with van der Waals surface area (Å²) in [5, 5.41) is 3.39. The van der Waals surface area contributed by atoms with E-state index in [1.54, 1.807) is 0 Å². The van der Waals surface area contributed by atoms with E-state index in [9.17, 15) is 9.59 Å². The van der Waals surface area contributed by atoms with Gasteiger partial charge in [-0.3, -0.25) is 0 Å². The van der Waals surface area contributed by atoms with E-state index in [0.29, 0.717) is 12.6 Å². The van der Waals surface area contributed by atoms with Crippen molar-refractivity contribution in [3.05, 3.63) is 35.4 Å². The minimum absolute atomic E-state index is 0. The number of carbonyl (C=O) groups excluding carboxylic acids is 2. The lowest BCUT2D eigenvalue weighted by molar-refractivity contribution is 0.0553. The molecule has 0 bridgehead atoms. The molecule has 0 saturated carbocycles. The molecule has 2 fully saturated rings. The second kappa shape index (κ2) is 10.8. The molecule has 2 aliphatic heterocycles. The molecule has 1 aromatic carbocycles. The predicted molar refractivity (Wildman–Crippen MR) is 141 cm³/mol. The fourth-order valence-corrected chi connectivity index (χ4v) is 6.73. The van der Waals surface area contributed by atoms with E-state index in [-0.39, 0.29) is 37.1 Å². The summed E-state index contributed by atoms with van der Waals surface area (Å²) in [5.74, 6) is 0. The van der Waals surface area contributed by atoms with Crippen LogP contribution in [0.3, 0.4) is 0 Å². The minimum Gasteiger partial charge on any atom is -0.450 e. The molecule has 3 aliphatic rings. The topological polar surface area (TPSA) is 65.1 Å². The fourth-order valence-electron chi connectivity index (χ4n) is 6.73. The van der Waals surface area contributed by atoms with Crippen molar-refractivity contribution in [1.82, 2.24) is 20.0 Å². The summed E-state index contributed by atoms with van der Waals surface area (Å²) in [7, 11) is 0. The van der Waals surface area contributed by atoms with Crippen LogP contribution in [0.4, 0.5) is 9.59 Å². The van der Waals surface area contributed by atoms with Gasteiger partial charge in [0.25, 0.3) is 0 Å². The molecule has 7 heteroatoms. The van der Waals surface area contributed by atoms with Crippen LogP contribution >= 0.6 is 0 Å². The van der Waals surface area contributed by atoms with Crippen LogP contribution in [0.1, 0.15) is 85.3 Å². The maximum atomic E-state index is 13.2.